The van der Waals surface area contributed by atoms with Gasteiger partial charge in [0.05, 0.1) is 44.1 Å². The number of rotatable bonds is 11. The van der Waals surface area contributed by atoms with Crippen molar-refractivity contribution in [1.29, 1.82) is 0 Å². The molecule has 4 aromatic rings. The molecular formula is C25H24ClN3O5. The Hall–Kier alpha value is -3.30. The molecule has 2 aromatic heterocycles. The van der Waals surface area contributed by atoms with E-state index in [1.165, 1.54) is 0 Å². The standard InChI is InChI=1S/C25H24ClN3O5/c26-18-2-1-3-19(15-18)28-24-21-6-7-27-16-22(21)20-5-4-17(14-23(20)29-24)25(31)34-13-12-33-11-10-32-9-8-30/h1-7,14-16,30H,8-13H2,(H,28,29). The molecule has 0 fully saturated rings. The van der Waals surface area contributed by atoms with Crippen molar-refractivity contribution in [2.75, 3.05) is 45.0 Å². The van der Waals surface area contributed by atoms with Gasteiger partial charge in [0.2, 0.25) is 0 Å². The molecule has 0 atom stereocenters. The van der Waals surface area contributed by atoms with E-state index < -0.39 is 5.97 Å². The van der Waals surface area contributed by atoms with Gasteiger partial charge in [-0.3, -0.25) is 4.98 Å². The molecule has 2 heterocycles. The van der Waals surface area contributed by atoms with Crippen molar-refractivity contribution in [3.8, 4) is 0 Å². The van der Waals surface area contributed by atoms with Gasteiger partial charge in [0.25, 0.3) is 0 Å². The van der Waals surface area contributed by atoms with E-state index in [1.54, 1.807) is 30.6 Å². The summed E-state index contributed by atoms with van der Waals surface area (Å²) in [6.07, 6.45) is 3.49. The number of halogens is 1. The summed E-state index contributed by atoms with van der Waals surface area (Å²) in [6.45, 7) is 1.36. The van der Waals surface area contributed by atoms with E-state index in [9.17, 15) is 4.79 Å². The Kier molecular flexibility index (Phi) is 8.21. The summed E-state index contributed by atoms with van der Waals surface area (Å²) in [5, 5.41) is 15.3. The summed E-state index contributed by atoms with van der Waals surface area (Å²) in [5.41, 5.74) is 1.83. The monoisotopic (exact) mass is 481 g/mol. The van der Waals surface area contributed by atoms with Crippen LogP contribution in [0.4, 0.5) is 11.5 Å². The van der Waals surface area contributed by atoms with Crippen LogP contribution in [0.15, 0.2) is 60.9 Å². The number of carbonyl (C=O) groups excluding carboxylic acids is 1. The van der Waals surface area contributed by atoms with Gasteiger partial charge in [0.1, 0.15) is 12.4 Å². The van der Waals surface area contributed by atoms with Gasteiger partial charge in [-0.15, -0.1) is 0 Å². The number of aliphatic hydroxyl groups is 1. The van der Waals surface area contributed by atoms with Crippen molar-refractivity contribution < 1.29 is 24.1 Å². The average Bonchev–Trinajstić information content (AvgIpc) is 2.85. The normalized spacial score (nSPS) is 11.1. The zero-order chi connectivity index (χ0) is 23.8. The van der Waals surface area contributed by atoms with Gasteiger partial charge >= 0.3 is 5.97 Å². The number of carbonyl (C=O) groups is 1. The van der Waals surface area contributed by atoms with Gasteiger partial charge in [-0.25, -0.2) is 9.78 Å². The molecule has 0 radical (unpaired) electrons. The highest BCUT2D eigenvalue weighted by Gasteiger charge is 2.13. The minimum absolute atomic E-state index is 0.0251. The molecule has 0 aliphatic rings. The van der Waals surface area contributed by atoms with Crippen LogP contribution in [0.3, 0.4) is 0 Å². The second kappa shape index (κ2) is 11.7. The molecule has 176 valence electrons. The lowest BCUT2D eigenvalue weighted by molar-refractivity contribution is 0.00920. The Balaban J connectivity index is 1.50. The maximum absolute atomic E-state index is 12.5. The van der Waals surface area contributed by atoms with Crippen molar-refractivity contribution in [2.24, 2.45) is 0 Å². The van der Waals surface area contributed by atoms with E-state index in [2.05, 4.69) is 10.3 Å². The molecule has 8 nitrogen and oxygen atoms in total. The molecule has 4 rings (SSSR count). The Morgan fingerprint density at radius 3 is 2.59 bits per heavy atom. The first-order valence-corrected chi connectivity index (χ1v) is 11.2. The van der Waals surface area contributed by atoms with Gasteiger partial charge in [-0.05, 0) is 36.4 Å². The van der Waals surface area contributed by atoms with E-state index in [1.807, 2.05) is 30.3 Å². The SMILES string of the molecule is O=C(OCCOCCOCCO)c1ccc2c(c1)nc(Nc1cccc(Cl)c1)c1ccncc12. The van der Waals surface area contributed by atoms with E-state index >= 15 is 0 Å². The lowest BCUT2D eigenvalue weighted by atomic mass is 10.1. The molecule has 0 saturated heterocycles. The van der Waals surface area contributed by atoms with Gasteiger partial charge in [-0.1, -0.05) is 23.7 Å². The largest absolute Gasteiger partial charge is 0.460 e. The van der Waals surface area contributed by atoms with Crippen molar-refractivity contribution in [3.63, 3.8) is 0 Å². The summed E-state index contributed by atoms with van der Waals surface area (Å²) in [5.74, 6) is 0.175. The Morgan fingerprint density at radius 2 is 1.76 bits per heavy atom. The minimum Gasteiger partial charge on any atom is -0.460 e. The van der Waals surface area contributed by atoms with Crippen LogP contribution in [-0.4, -0.2) is 60.7 Å². The average molecular weight is 482 g/mol. The molecule has 0 unspecified atom stereocenters. The van der Waals surface area contributed by atoms with Gasteiger partial charge in [0.15, 0.2) is 0 Å². The first-order chi connectivity index (χ1) is 16.7. The van der Waals surface area contributed by atoms with Gasteiger partial charge < -0.3 is 24.6 Å². The molecular weight excluding hydrogens is 458 g/mol. The summed E-state index contributed by atoms with van der Waals surface area (Å²) in [7, 11) is 0. The molecule has 2 aromatic carbocycles. The van der Waals surface area contributed by atoms with Crippen LogP contribution < -0.4 is 5.32 Å². The highest BCUT2D eigenvalue weighted by molar-refractivity contribution is 6.30. The van der Waals surface area contributed by atoms with Crippen molar-refractivity contribution in [2.45, 2.75) is 0 Å². The second-order valence-corrected chi connectivity index (χ2v) is 7.77. The number of ether oxygens (including phenoxy) is 3. The number of aliphatic hydroxyl groups excluding tert-OH is 1. The number of aromatic nitrogens is 2. The third-order valence-electron chi connectivity index (χ3n) is 4.99. The minimum atomic E-state index is -0.459. The van der Waals surface area contributed by atoms with E-state index in [-0.39, 0.29) is 26.4 Å². The zero-order valence-corrected chi connectivity index (χ0v) is 19.1. The number of nitrogens with zero attached hydrogens (tertiary/aromatic N) is 2. The first kappa shape index (κ1) is 23.8. The molecule has 0 amide bonds. The van der Waals surface area contributed by atoms with Crippen LogP contribution in [0.1, 0.15) is 10.4 Å². The highest BCUT2D eigenvalue weighted by atomic mass is 35.5. The fourth-order valence-corrected chi connectivity index (χ4v) is 3.63. The molecule has 0 saturated carbocycles. The molecule has 34 heavy (non-hydrogen) atoms. The number of pyridine rings is 2. The third kappa shape index (κ3) is 5.98. The van der Waals surface area contributed by atoms with Crippen LogP contribution in [0.25, 0.3) is 21.7 Å². The van der Waals surface area contributed by atoms with E-state index in [4.69, 9.17) is 35.9 Å². The van der Waals surface area contributed by atoms with Gasteiger partial charge in [-0.2, -0.15) is 0 Å². The second-order valence-electron chi connectivity index (χ2n) is 7.33. The summed E-state index contributed by atoms with van der Waals surface area (Å²) < 4.78 is 15.8. The highest BCUT2D eigenvalue weighted by Crippen LogP contribution is 2.31. The summed E-state index contributed by atoms with van der Waals surface area (Å²) >= 11 is 6.12. The van der Waals surface area contributed by atoms with Crippen molar-refractivity contribution in [3.05, 3.63) is 71.5 Å². The quantitative estimate of drug-likeness (QED) is 0.185. The molecule has 0 bridgehead atoms. The Bertz CT molecular complexity index is 1280. The number of hydrogen-bond donors (Lipinski definition) is 2. The maximum atomic E-state index is 12.5. The fraction of sp³-hybridized carbons (Fsp3) is 0.240. The smallest absolute Gasteiger partial charge is 0.338 e. The summed E-state index contributed by atoms with van der Waals surface area (Å²) in [6, 6.07) is 14.5. The number of hydrogen-bond acceptors (Lipinski definition) is 8. The predicted octanol–water partition coefficient (Wildman–Crippen LogP) is 4.36. The molecule has 0 spiro atoms. The number of fused-ring (bicyclic) bond motifs is 3. The van der Waals surface area contributed by atoms with Crippen LogP contribution >= 0.6 is 11.6 Å². The predicted molar refractivity (Wildman–Crippen MR) is 131 cm³/mol. The summed E-state index contributed by atoms with van der Waals surface area (Å²) in [4.78, 5) is 21.6. The molecule has 2 N–H and O–H groups in total. The number of benzene rings is 2. The van der Waals surface area contributed by atoms with Crippen LogP contribution in [-0.2, 0) is 14.2 Å². The Labute approximate surface area is 201 Å². The molecule has 9 heteroatoms. The van der Waals surface area contributed by atoms with Crippen LogP contribution in [0.2, 0.25) is 5.02 Å². The first-order valence-electron chi connectivity index (χ1n) is 10.8. The lowest BCUT2D eigenvalue weighted by Gasteiger charge is -2.12. The van der Waals surface area contributed by atoms with Crippen LogP contribution in [0.5, 0.6) is 0 Å². The zero-order valence-electron chi connectivity index (χ0n) is 18.4. The third-order valence-corrected chi connectivity index (χ3v) is 5.22. The molecule has 0 aliphatic carbocycles. The van der Waals surface area contributed by atoms with E-state index in [0.29, 0.717) is 35.1 Å². The number of nitrogens with one attached hydrogen (secondary N) is 1. The van der Waals surface area contributed by atoms with Gasteiger partial charge in [0, 0.05) is 39.3 Å². The Morgan fingerprint density at radius 1 is 0.941 bits per heavy atom. The number of anilines is 2. The van der Waals surface area contributed by atoms with E-state index in [0.717, 1.165) is 21.8 Å². The topological polar surface area (TPSA) is 103 Å². The number of esters is 1. The van der Waals surface area contributed by atoms with Crippen molar-refractivity contribution in [1.82, 2.24) is 9.97 Å². The van der Waals surface area contributed by atoms with Crippen molar-refractivity contribution >= 4 is 50.8 Å². The van der Waals surface area contributed by atoms with Crippen LogP contribution in [0, 0.1) is 0 Å². The molecule has 0 aliphatic heterocycles. The maximum Gasteiger partial charge on any atom is 0.338 e. The fourth-order valence-electron chi connectivity index (χ4n) is 3.44. The lowest BCUT2D eigenvalue weighted by Crippen LogP contribution is -2.13.